The predicted molar refractivity (Wildman–Crippen MR) is 249 cm³/mol. The van der Waals surface area contributed by atoms with Crippen LogP contribution in [-0.2, 0) is 10.8 Å². The largest absolute Gasteiger partial charge is 0.416 e. The zero-order chi connectivity index (χ0) is 40.3. The fraction of sp³-hybridized carbons (Fsp3) is 0.107. The second-order valence-corrected chi connectivity index (χ2v) is 18.5. The fourth-order valence-electron chi connectivity index (χ4n) is 10.0. The maximum Gasteiger partial charge on any atom is 0.248 e. The number of hydrogen-bond acceptors (Lipinski definition) is 4. The molecule has 3 nitrogen and oxygen atoms in total. The van der Waals surface area contributed by atoms with Gasteiger partial charge in [0.05, 0.1) is 0 Å². The number of rotatable bonds is 5. The monoisotopic (exact) mass is 788 g/mol. The van der Waals surface area contributed by atoms with Gasteiger partial charge in [0.1, 0.15) is 0 Å². The van der Waals surface area contributed by atoms with Gasteiger partial charge in [-0.1, -0.05) is 137 Å². The molecule has 0 saturated heterocycles. The Bertz CT molecular complexity index is 3370. The molecule has 0 atom stereocenters. The second kappa shape index (κ2) is 12.8. The van der Waals surface area contributed by atoms with Crippen LogP contribution in [0.4, 0.5) is 0 Å². The maximum atomic E-state index is 6.14. The van der Waals surface area contributed by atoms with Crippen molar-refractivity contribution in [1.82, 2.24) is 10.2 Å². The smallest absolute Gasteiger partial charge is 0.248 e. The van der Waals surface area contributed by atoms with E-state index in [1.54, 1.807) is 0 Å². The van der Waals surface area contributed by atoms with Gasteiger partial charge in [-0.25, -0.2) is 0 Å². The van der Waals surface area contributed by atoms with Crippen molar-refractivity contribution in [2.45, 2.75) is 38.5 Å². The quantitative estimate of drug-likeness (QED) is 0.174. The molecule has 2 aliphatic rings. The summed E-state index contributed by atoms with van der Waals surface area (Å²) >= 11 is 1.87. The Balaban J connectivity index is 1.01. The van der Waals surface area contributed by atoms with Gasteiger partial charge in [-0.15, -0.1) is 21.5 Å². The molecule has 0 saturated carbocycles. The Morgan fingerprint density at radius 1 is 0.367 bits per heavy atom. The highest BCUT2D eigenvalue weighted by Crippen LogP contribution is 2.52. The molecule has 0 unspecified atom stereocenters. The Labute approximate surface area is 353 Å². The number of nitrogens with zero attached hydrogens (tertiary/aromatic N) is 2. The summed E-state index contributed by atoms with van der Waals surface area (Å²) in [6.07, 6.45) is 0. The molecule has 2 aromatic heterocycles. The summed E-state index contributed by atoms with van der Waals surface area (Å²) < 4.78 is 8.70. The first-order chi connectivity index (χ1) is 29.2. The lowest BCUT2D eigenvalue weighted by Crippen LogP contribution is -2.14. The minimum atomic E-state index is -0.0877. The molecule has 0 aliphatic heterocycles. The topological polar surface area (TPSA) is 38.9 Å². The molecule has 60 heavy (non-hydrogen) atoms. The van der Waals surface area contributed by atoms with E-state index in [2.05, 4.69) is 177 Å². The Morgan fingerprint density at radius 2 is 0.833 bits per heavy atom. The van der Waals surface area contributed by atoms with E-state index in [4.69, 9.17) is 4.42 Å². The van der Waals surface area contributed by atoms with E-state index in [0.29, 0.717) is 11.8 Å². The third kappa shape index (κ3) is 5.20. The molecule has 4 heteroatoms. The predicted octanol–water partition coefficient (Wildman–Crippen LogP) is 15.4. The van der Waals surface area contributed by atoms with Crippen LogP contribution in [-0.4, -0.2) is 10.2 Å². The molecule has 286 valence electrons. The molecule has 0 fully saturated rings. The van der Waals surface area contributed by atoms with E-state index in [1.807, 2.05) is 41.7 Å². The van der Waals surface area contributed by atoms with Crippen LogP contribution >= 0.6 is 11.3 Å². The van der Waals surface area contributed by atoms with Crippen molar-refractivity contribution in [1.29, 1.82) is 0 Å². The van der Waals surface area contributed by atoms with Crippen LogP contribution in [0.1, 0.15) is 49.9 Å². The van der Waals surface area contributed by atoms with Gasteiger partial charge in [-0.2, -0.15) is 0 Å². The Hall–Kier alpha value is -6.88. The minimum Gasteiger partial charge on any atom is -0.416 e. The Kier molecular flexibility index (Phi) is 7.49. The van der Waals surface area contributed by atoms with Gasteiger partial charge < -0.3 is 4.42 Å². The lowest BCUT2D eigenvalue weighted by Gasteiger charge is -2.22. The van der Waals surface area contributed by atoms with Crippen molar-refractivity contribution < 1.29 is 4.42 Å². The molecule has 8 aromatic carbocycles. The molecule has 0 N–H and O–H groups in total. The van der Waals surface area contributed by atoms with Crippen molar-refractivity contribution in [2.24, 2.45) is 0 Å². The first-order valence-corrected chi connectivity index (χ1v) is 21.5. The fourth-order valence-corrected chi connectivity index (χ4v) is 11.2. The standard InChI is InChI=1S/C56H40N2OS/c1-55(2)47-16-10-8-14-40(47)42-25-22-37(31-49(42)55)36-24-27-51-45(28-36)46-30-39(38-23-26-43-41-15-9-11-17-48(41)56(3,4)50(43)32-38)29-44(52(46)60-51)33-18-20-35(21-19-33)54-58-57-53(59-54)34-12-6-5-7-13-34/h5-32H,1-4H3. The molecular weight excluding hydrogens is 749 g/mol. The summed E-state index contributed by atoms with van der Waals surface area (Å²) in [6, 6.07) is 62.3. The van der Waals surface area contributed by atoms with Crippen LogP contribution in [0.3, 0.4) is 0 Å². The zero-order valence-corrected chi connectivity index (χ0v) is 34.7. The summed E-state index contributed by atoms with van der Waals surface area (Å²) in [5.41, 5.74) is 19.9. The Morgan fingerprint density at radius 3 is 1.47 bits per heavy atom. The maximum absolute atomic E-state index is 6.14. The molecule has 0 amide bonds. The van der Waals surface area contributed by atoms with Gasteiger partial charge in [-0.3, -0.25) is 0 Å². The summed E-state index contributed by atoms with van der Waals surface area (Å²) in [7, 11) is 0. The summed E-state index contributed by atoms with van der Waals surface area (Å²) in [5.74, 6) is 1.03. The average Bonchev–Trinajstić information content (AvgIpc) is 4.04. The number of aromatic nitrogens is 2. The van der Waals surface area contributed by atoms with E-state index in [0.717, 1.165) is 16.7 Å². The highest BCUT2D eigenvalue weighted by atomic mass is 32.1. The molecular formula is C56H40N2OS. The molecule has 2 aliphatic carbocycles. The number of thiophene rings is 1. The summed E-state index contributed by atoms with van der Waals surface area (Å²) in [4.78, 5) is 0. The zero-order valence-electron chi connectivity index (χ0n) is 33.9. The third-order valence-corrected chi connectivity index (χ3v) is 14.5. The highest BCUT2D eigenvalue weighted by Gasteiger charge is 2.36. The lowest BCUT2D eigenvalue weighted by molar-refractivity contribution is 0.584. The SMILES string of the molecule is CC1(C)c2ccccc2-c2ccc(-c3ccc4sc5c(-c6ccc(-c7nnc(-c8ccccc8)o7)cc6)cc(-c6ccc7c(c6)C(C)(C)c6ccccc6-7)cc5c4c3)cc21. The molecule has 0 bridgehead atoms. The first-order valence-electron chi connectivity index (χ1n) is 20.7. The van der Waals surface area contributed by atoms with Crippen LogP contribution < -0.4 is 0 Å². The van der Waals surface area contributed by atoms with E-state index in [-0.39, 0.29) is 10.8 Å². The normalized spacial score (nSPS) is 14.3. The van der Waals surface area contributed by atoms with Gasteiger partial charge in [0.25, 0.3) is 0 Å². The van der Waals surface area contributed by atoms with Crippen molar-refractivity contribution in [3.05, 3.63) is 192 Å². The van der Waals surface area contributed by atoms with Crippen LogP contribution in [0.5, 0.6) is 0 Å². The number of hydrogen-bond donors (Lipinski definition) is 0. The van der Waals surface area contributed by atoms with Gasteiger partial charge >= 0.3 is 0 Å². The van der Waals surface area contributed by atoms with Crippen molar-refractivity contribution in [3.8, 4) is 78.5 Å². The molecule has 2 heterocycles. The second-order valence-electron chi connectivity index (χ2n) is 17.4. The van der Waals surface area contributed by atoms with Crippen molar-refractivity contribution in [3.63, 3.8) is 0 Å². The van der Waals surface area contributed by atoms with Crippen LogP contribution in [0.2, 0.25) is 0 Å². The van der Waals surface area contributed by atoms with Crippen LogP contribution in [0.15, 0.2) is 174 Å². The van der Waals surface area contributed by atoms with E-state index in [9.17, 15) is 0 Å². The summed E-state index contributed by atoms with van der Waals surface area (Å²) in [6.45, 7) is 9.43. The van der Waals surface area contributed by atoms with Gasteiger partial charge in [0.15, 0.2) is 0 Å². The lowest BCUT2D eigenvalue weighted by atomic mass is 9.81. The minimum absolute atomic E-state index is 0.0556. The van der Waals surface area contributed by atoms with E-state index >= 15 is 0 Å². The van der Waals surface area contributed by atoms with Crippen molar-refractivity contribution in [2.75, 3.05) is 0 Å². The molecule has 10 aromatic rings. The van der Waals surface area contributed by atoms with Crippen LogP contribution in [0, 0.1) is 0 Å². The van der Waals surface area contributed by atoms with Crippen LogP contribution in [0.25, 0.3) is 98.7 Å². The van der Waals surface area contributed by atoms with Gasteiger partial charge in [0, 0.05) is 47.7 Å². The number of benzene rings is 8. The van der Waals surface area contributed by atoms with E-state index in [1.165, 1.54) is 92.5 Å². The average molecular weight is 789 g/mol. The molecule has 0 radical (unpaired) electrons. The molecule has 0 spiro atoms. The van der Waals surface area contributed by atoms with E-state index < -0.39 is 0 Å². The molecule has 12 rings (SSSR count). The van der Waals surface area contributed by atoms with Crippen molar-refractivity contribution >= 4 is 31.5 Å². The van der Waals surface area contributed by atoms with Gasteiger partial charge in [-0.05, 0) is 133 Å². The van der Waals surface area contributed by atoms with Gasteiger partial charge in [0.2, 0.25) is 11.8 Å². The highest BCUT2D eigenvalue weighted by molar-refractivity contribution is 7.26. The third-order valence-electron chi connectivity index (χ3n) is 13.3. The summed E-state index contributed by atoms with van der Waals surface area (Å²) in [5, 5.41) is 11.3. The first kappa shape index (κ1) is 35.1. The number of fused-ring (bicyclic) bond motifs is 9.